The van der Waals surface area contributed by atoms with Crippen molar-refractivity contribution in [3.05, 3.63) is 12.2 Å². The minimum absolute atomic E-state index is 0.128. The molecule has 6 atom stereocenters. The Kier molecular flexibility index (Phi) is 10.2. The summed E-state index contributed by atoms with van der Waals surface area (Å²) >= 11 is 0. The van der Waals surface area contributed by atoms with Crippen molar-refractivity contribution in [2.24, 2.45) is 35.5 Å². The first-order valence-electron chi connectivity index (χ1n) is 12.1. The zero-order chi connectivity index (χ0) is 21.2. The number of carbonyl (C=O) groups excluding carboxylic acids is 2. The second-order valence-electron chi connectivity index (χ2n) is 9.09. The van der Waals surface area contributed by atoms with Crippen LogP contribution in [-0.4, -0.2) is 25.2 Å². The van der Waals surface area contributed by atoms with E-state index in [-0.39, 0.29) is 35.6 Å². The van der Waals surface area contributed by atoms with Gasteiger partial charge in [-0.1, -0.05) is 78.4 Å². The summed E-state index contributed by atoms with van der Waals surface area (Å²) < 4.78 is 11.5. The van der Waals surface area contributed by atoms with Crippen LogP contribution in [-0.2, 0) is 19.1 Å². The lowest BCUT2D eigenvalue weighted by Gasteiger charge is -2.26. The van der Waals surface area contributed by atoms with Crippen LogP contribution in [0.1, 0.15) is 85.5 Å². The fourth-order valence-corrected chi connectivity index (χ4v) is 4.85. The molecule has 0 amide bonds. The standard InChI is InChI=1S/C25H42O4/c1-5-9-11-18(7-3)16-28-24(26)22-20-13-14-21(15-20)23(22)25(27)29-17-19(8-4)12-10-6-2/h13-14,18-23H,5-12,15-17H2,1-4H3/t18?,19?,20-,21+,22-,23?/m1/s1. The Labute approximate surface area is 177 Å². The second kappa shape index (κ2) is 12.4. The third kappa shape index (κ3) is 6.58. The molecule has 3 unspecified atom stereocenters. The average Bonchev–Trinajstić information content (AvgIpc) is 3.35. The normalized spacial score (nSPS) is 27.0. The molecule has 2 bridgehead atoms. The molecule has 0 radical (unpaired) electrons. The monoisotopic (exact) mass is 406 g/mol. The molecule has 0 spiro atoms. The highest BCUT2D eigenvalue weighted by Crippen LogP contribution is 2.49. The Hall–Kier alpha value is -1.32. The Morgan fingerprint density at radius 1 is 0.793 bits per heavy atom. The lowest BCUT2D eigenvalue weighted by atomic mass is 9.83. The van der Waals surface area contributed by atoms with Crippen LogP contribution in [0.25, 0.3) is 0 Å². The molecule has 2 rings (SSSR count). The third-order valence-corrected chi connectivity index (χ3v) is 7.01. The summed E-state index contributed by atoms with van der Waals surface area (Å²) in [4.78, 5) is 25.8. The van der Waals surface area contributed by atoms with Crippen LogP contribution in [0.3, 0.4) is 0 Å². The third-order valence-electron chi connectivity index (χ3n) is 7.01. The molecule has 4 heteroatoms. The number of hydrogen-bond acceptors (Lipinski definition) is 4. The number of hydrogen-bond donors (Lipinski definition) is 0. The van der Waals surface area contributed by atoms with Crippen molar-refractivity contribution < 1.29 is 19.1 Å². The first-order chi connectivity index (χ1) is 14.0. The Balaban J connectivity index is 1.91. The van der Waals surface area contributed by atoms with Gasteiger partial charge in [-0.05, 0) is 42.9 Å². The molecule has 2 aliphatic carbocycles. The summed E-state index contributed by atoms with van der Waals surface area (Å²) in [6.07, 6.45) is 14.0. The Bertz CT molecular complexity index is 495. The molecule has 0 heterocycles. The molecule has 29 heavy (non-hydrogen) atoms. The molecular formula is C25H42O4. The molecule has 0 aromatic carbocycles. The number of unbranched alkanes of at least 4 members (excludes halogenated alkanes) is 2. The van der Waals surface area contributed by atoms with Crippen molar-refractivity contribution >= 4 is 11.9 Å². The first kappa shape index (κ1) is 24.0. The molecule has 1 fully saturated rings. The van der Waals surface area contributed by atoms with Crippen molar-refractivity contribution in [2.75, 3.05) is 13.2 Å². The maximum Gasteiger partial charge on any atom is 0.310 e. The zero-order valence-corrected chi connectivity index (χ0v) is 19.0. The van der Waals surface area contributed by atoms with Crippen molar-refractivity contribution in [3.63, 3.8) is 0 Å². The quantitative estimate of drug-likeness (QED) is 0.264. The SMILES string of the molecule is CCCCC(CC)COC(=O)C1[C@H]2C=C[C@H](C2)[C@H]1C(=O)OCC(CC)CCCC. The van der Waals surface area contributed by atoms with E-state index in [1.165, 1.54) is 12.8 Å². The highest BCUT2D eigenvalue weighted by atomic mass is 16.5. The van der Waals surface area contributed by atoms with Gasteiger partial charge in [0.15, 0.2) is 0 Å². The van der Waals surface area contributed by atoms with Gasteiger partial charge in [0, 0.05) is 0 Å². The summed E-state index contributed by atoms with van der Waals surface area (Å²) in [6, 6.07) is 0. The van der Waals surface area contributed by atoms with Crippen molar-refractivity contribution in [3.8, 4) is 0 Å². The summed E-state index contributed by atoms with van der Waals surface area (Å²) in [7, 11) is 0. The molecule has 0 aliphatic heterocycles. The fourth-order valence-electron chi connectivity index (χ4n) is 4.85. The second-order valence-corrected chi connectivity index (χ2v) is 9.09. The van der Waals surface area contributed by atoms with E-state index < -0.39 is 0 Å². The van der Waals surface area contributed by atoms with Crippen molar-refractivity contribution in [1.29, 1.82) is 0 Å². The van der Waals surface area contributed by atoms with E-state index in [9.17, 15) is 9.59 Å². The van der Waals surface area contributed by atoms with Gasteiger partial charge < -0.3 is 9.47 Å². The summed E-state index contributed by atoms with van der Waals surface area (Å²) in [6.45, 7) is 9.62. The number of rotatable bonds is 14. The number of esters is 2. The van der Waals surface area contributed by atoms with Crippen LogP contribution in [0.5, 0.6) is 0 Å². The van der Waals surface area contributed by atoms with Crippen molar-refractivity contribution in [2.45, 2.75) is 85.5 Å². The van der Waals surface area contributed by atoms with Crippen LogP contribution in [0, 0.1) is 35.5 Å². The summed E-state index contributed by atoms with van der Waals surface area (Å²) in [5, 5.41) is 0. The van der Waals surface area contributed by atoms with Gasteiger partial charge in [0.1, 0.15) is 0 Å². The minimum Gasteiger partial charge on any atom is -0.465 e. The number of fused-ring (bicyclic) bond motifs is 2. The van der Waals surface area contributed by atoms with Gasteiger partial charge in [-0.2, -0.15) is 0 Å². The van der Waals surface area contributed by atoms with E-state index in [0.29, 0.717) is 25.0 Å². The molecule has 0 saturated heterocycles. The molecule has 0 aromatic rings. The van der Waals surface area contributed by atoms with Gasteiger partial charge in [-0.15, -0.1) is 0 Å². The van der Waals surface area contributed by atoms with Gasteiger partial charge in [-0.25, -0.2) is 0 Å². The number of allylic oxidation sites excluding steroid dienone is 2. The average molecular weight is 407 g/mol. The Morgan fingerprint density at radius 3 is 1.55 bits per heavy atom. The topological polar surface area (TPSA) is 52.6 Å². The van der Waals surface area contributed by atoms with Gasteiger partial charge in [0.25, 0.3) is 0 Å². The first-order valence-corrected chi connectivity index (χ1v) is 12.1. The van der Waals surface area contributed by atoms with Crippen LogP contribution >= 0.6 is 0 Å². The van der Waals surface area contributed by atoms with E-state index in [2.05, 4.69) is 39.8 Å². The summed E-state index contributed by atoms with van der Waals surface area (Å²) in [5.74, 6) is -0.0300. The lowest BCUT2D eigenvalue weighted by molar-refractivity contribution is -0.163. The molecular weight excluding hydrogens is 364 g/mol. The minimum atomic E-state index is -0.364. The summed E-state index contributed by atoms with van der Waals surface area (Å²) in [5.41, 5.74) is 0. The number of carbonyl (C=O) groups is 2. The van der Waals surface area contributed by atoms with Crippen LogP contribution in [0.15, 0.2) is 12.2 Å². The predicted molar refractivity (Wildman–Crippen MR) is 116 cm³/mol. The van der Waals surface area contributed by atoms with Gasteiger partial charge in [-0.3, -0.25) is 9.59 Å². The lowest BCUT2D eigenvalue weighted by Crippen LogP contribution is -2.36. The zero-order valence-electron chi connectivity index (χ0n) is 19.0. The Morgan fingerprint density at radius 2 is 1.21 bits per heavy atom. The predicted octanol–water partition coefficient (Wildman–Crippen LogP) is 5.94. The van der Waals surface area contributed by atoms with Crippen LogP contribution in [0.2, 0.25) is 0 Å². The maximum absolute atomic E-state index is 12.9. The highest BCUT2D eigenvalue weighted by molar-refractivity contribution is 5.84. The molecule has 166 valence electrons. The highest BCUT2D eigenvalue weighted by Gasteiger charge is 2.53. The van der Waals surface area contributed by atoms with Crippen LogP contribution in [0.4, 0.5) is 0 Å². The van der Waals surface area contributed by atoms with Crippen molar-refractivity contribution in [1.82, 2.24) is 0 Å². The maximum atomic E-state index is 12.9. The smallest absolute Gasteiger partial charge is 0.310 e. The van der Waals surface area contributed by atoms with E-state index in [0.717, 1.165) is 44.9 Å². The molecule has 0 aromatic heterocycles. The molecule has 4 nitrogen and oxygen atoms in total. The van der Waals surface area contributed by atoms with Gasteiger partial charge in [0.2, 0.25) is 0 Å². The van der Waals surface area contributed by atoms with E-state index in [4.69, 9.17) is 9.47 Å². The number of ether oxygens (including phenoxy) is 2. The molecule has 2 aliphatic rings. The fraction of sp³-hybridized carbons (Fsp3) is 0.840. The molecule has 1 saturated carbocycles. The van der Waals surface area contributed by atoms with Gasteiger partial charge in [0.05, 0.1) is 25.0 Å². The van der Waals surface area contributed by atoms with Crippen LogP contribution < -0.4 is 0 Å². The van der Waals surface area contributed by atoms with E-state index in [1.54, 1.807) is 0 Å². The van der Waals surface area contributed by atoms with E-state index >= 15 is 0 Å². The van der Waals surface area contributed by atoms with E-state index in [1.807, 2.05) is 0 Å². The largest absolute Gasteiger partial charge is 0.465 e. The van der Waals surface area contributed by atoms with Gasteiger partial charge >= 0.3 is 11.9 Å². The molecule has 0 N–H and O–H groups in total.